The van der Waals surface area contributed by atoms with Crippen LogP contribution in [0, 0.1) is 0 Å². The topological polar surface area (TPSA) is 80.3 Å². The standard InChI is InChI=1S/C16H13Cl2N3O3/c1-16(15(23)21-13-12(24-16)3-2-6-19-13)14(22)20-8-9-4-5-10(17)11(18)7-9/h2-7H,8H2,1H3,(H,20,22)(H,19,21,23)/t16-/m1/s1. The second kappa shape index (κ2) is 6.30. The Hall–Kier alpha value is -2.31. The molecular formula is C16H13Cl2N3O3. The lowest BCUT2D eigenvalue weighted by Crippen LogP contribution is -2.58. The molecule has 0 aliphatic carbocycles. The SMILES string of the molecule is C[C@]1(C(=O)NCc2ccc(Cl)c(Cl)c2)Oc2cccnc2NC1=O. The van der Waals surface area contributed by atoms with Crippen molar-refractivity contribution in [3.05, 3.63) is 52.1 Å². The first-order valence-electron chi connectivity index (χ1n) is 7.08. The molecule has 0 unspecified atom stereocenters. The van der Waals surface area contributed by atoms with Gasteiger partial charge in [0.1, 0.15) is 0 Å². The molecule has 1 aliphatic heterocycles. The maximum absolute atomic E-state index is 12.5. The monoisotopic (exact) mass is 365 g/mol. The quantitative estimate of drug-likeness (QED) is 0.819. The molecular weight excluding hydrogens is 353 g/mol. The third-order valence-electron chi connectivity index (χ3n) is 3.62. The van der Waals surface area contributed by atoms with Crippen LogP contribution in [0.3, 0.4) is 0 Å². The first-order valence-corrected chi connectivity index (χ1v) is 7.83. The number of benzene rings is 1. The minimum absolute atomic E-state index is 0.182. The molecule has 8 heteroatoms. The Bertz CT molecular complexity index is 828. The Morgan fingerprint density at radius 1 is 1.33 bits per heavy atom. The van der Waals surface area contributed by atoms with Crippen molar-refractivity contribution < 1.29 is 14.3 Å². The molecule has 124 valence electrons. The summed E-state index contributed by atoms with van der Waals surface area (Å²) in [5.41, 5.74) is -0.939. The number of halogens is 2. The summed E-state index contributed by atoms with van der Waals surface area (Å²) in [4.78, 5) is 28.7. The zero-order valence-electron chi connectivity index (χ0n) is 12.6. The Labute approximate surface area is 148 Å². The fourth-order valence-corrected chi connectivity index (χ4v) is 2.53. The van der Waals surface area contributed by atoms with E-state index >= 15 is 0 Å². The average molecular weight is 366 g/mol. The molecule has 0 fully saturated rings. The second-order valence-corrected chi connectivity index (χ2v) is 6.19. The van der Waals surface area contributed by atoms with Crippen LogP contribution < -0.4 is 15.4 Å². The number of carbonyl (C=O) groups excluding carboxylic acids is 2. The summed E-state index contributed by atoms with van der Waals surface area (Å²) in [7, 11) is 0. The van der Waals surface area contributed by atoms with Gasteiger partial charge in [0.15, 0.2) is 11.6 Å². The van der Waals surface area contributed by atoms with E-state index in [1.165, 1.54) is 13.1 Å². The Kier molecular flexibility index (Phi) is 4.34. The summed E-state index contributed by atoms with van der Waals surface area (Å²) in [5.74, 6) is -0.526. The third-order valence-corrected chi connectivity index (χ3v) is 4.36. The number of rotatable bonds is 3. The maximum Gasteiger partial charge on any atom is 0.279 e. The molecule has 2 N–H and O–H groups in total. The van der Waals surface area contributed by atoms with Gasteiger partial charge < -0.3 is 15.4 Å². The lowest BCUT2D eigenvalue weighted by Gasteiger charge is -2.32. The van der Waals surface area contributed by atoms with Crippen LogP contribution in [0.2, 0.25) is 10.0 Å². The van der Waals surface area contributed by atoms with Gasteiger partial charge in [0, 0.05) is 12.7 Å². The summed E-state index contributed by atoms with van der Waals surface area (Å²) >= 11 is 11.8. The van der Waals surface area contributed by atoms with Gasteiger partial charge >= 0.3 is 0 Å². The smallest absolute Gasteiger partial charge is 0.279 e. The van der Waals surface area contributed by atoms with Crippen molar-refractivity contribution in [1.82, 2.24) is 10.3 Å². The number of pyridine rings is 1. The number of nitrogens with zero attached hydrogens (tertiary/aromatic N) is 1. The fourth-order valence-electron chi connectivity index (χ4n) is 2.21. The van der Waals surface area contributed by atoms with E-state index in [2.05, 4.69) is 15.6 Å². The molecule has 0 bridgehead atoms. The molecule has 0 spiro atoms. The van der Waals surface area contributed by atoms with Gasteiger partial charge in [-0.1, -0.05) is 29.3 Å². The van der Waals surface area contributed by atoms with Crippen molar-refractivity contribution in [3.8, 4) is 5.75 Å². The number of nitrogens with one attached hydrogen (secondary N) is 2. The predicted octanol–water partition coefficient (Wildman–Crippen LogP) is 2.79. The van der Waals surface area contributed by atoms with Gasteiger partial charge in [-0.15, -0.1) is 0 Å². The average Bonchev–Trinajstić information content (AvgIpc) is 2.56. The van der Waals surface area contributed by atoms with E-state index in [1.807, 2.05) is 0 Å². The molecule has 1 atom stereocenters. The van der Waals surface area contributed by atoms with Crippen molar-refractivity contribution in [2.75, 3.05) is 5.32 Å². The van der Waals surface area contributed by atoms with Crippen molar-refractivity contribution in [2.45, 2.75) is 19.1 Å². The van der Waals surface area contributed by atoms with Gasteiger partial charge in [0.05, 0.1) is 10.0 Å². The van der Waals surface area contributed by atoms with Gasteiger partial charge in [-0.05, 0) is 36.8 Å². The first-order chi connectivity index (χ1) is 11.4. The zero-order valence-corrected chi connectivity index (χ0v) is 14.1. The number of carbonyl (C=O) groups is 2. The normalized spacial score (nSPS) is 19.0. The molecule has 6 nitrogen and oxygen atoms in total. The van der Waals surface area contributed by atoms with Crippen LogP contribution in [0.5, 0.6) is 5.75 Å². The molecule has 2 amide bonds. The number of hydrogen-bond acceptors (Lipinski definition) is 4. The van der Waals surface area contributed by atoms with Crippen LogP contribution in [0.1, 0.15) is 12.5 Å². The molecule has 0 radical (unpaired) electrons. The zero-order chi connectivity index (χ0) is 17.3. The van der Waals surface area contributed by atoms with E-state index in [9.17, 15) is 9.59 Å². The Morgan fingerprint density at radius 3 is 2.88 bits per heavy atom. The van der Waals surface area contributed by atoms with Gasteiger partial charge in [-0.2, -0.15) is 0 Å². The molecule has 24 heavy (non-hydrogen) atoms. The van der Waals surface area contributed by atoms with Crippen LogP contribution in [0.25, 0.3) is 0 Å². The van der Waals surface area contributed by atoms with E-state index in [0.717, 1.165) is 5.56 Å². The van der Waals surface area contributed by atoms with E-state index < -0.39 is 17.4 Å². The van der Waals surface area contributed by atoms with Crippen LogP contribution in [-0.4, -0.2) is 22.4 Å². The number of fused-ring (bicyclic) bond motifs is 1. The molecule has 1 aromatic carbocycles. The van der Waals surface area contributed by atoms with Crippen LogP contribution >= 0.6 is 23.2 Å². The highest BCUT2D eigenvalue weighted by molar-refractivity contribution is 6.42. The second-order valence-electron chi connectivity index (χ2n) is 5.37. The number of ether oxygens (including phenoxy) is 1. The highest BCUT2D eigenvalue weighted by Gasteiger charge is 2.47. The summed E-state index contributed by atoms with van der Waals surface area (Å²) in [6, 6.07) is 8.31. The lowest BCUT2D eigenvalue weighted by atomic mass is 10.0. The van der Waals surface area contributed by atoms with Gasteiger partial charge in [-0.25, -0.2) is 4.98 Å². The van der Waals surface area contributed by atoms with E-state index in [1.54, 1.807) is 30.3 Å². The molecule has 0 saturated carbocycles. The highest BCUT2D eigenvalue weighted by Crippen LogP contribution is 2.31. The Balaban J connectivity index is 1.74. The molecule has 1 aromatic heterocycles. The van der Waals surface area contributed by atoms with Gasteiger partial charge in [0.2, 0.25) is 0 Å². The third kappa shape index (κ3) is 3.02. The van der Waals surface area contributed by atoms with Gasteiger partial charge in [0.25, 0.3) is 17.4 Å². The van der Waals surface area contributed by atoms with Crippen molar-refractivity contribution in [1.29, 1.82) is 0 Å². The Morgan fingerprint density at radius 2 is 2.12 bits per heavy atom. The number of anilines is 1. The van der Waals surface area contributed by atoms with E-state index in [4.69, 9.17) is 27.9 Å². The van der Waals surface area contributed by atoms with Crippen LogP contribution in [0.15, 0.2) is 36.5 Å². The number of amides is 2. The molecule has 3 rings (SSSR count). The van der Waals surface area contributed by atoms with E-state index in [-0.39, 0.29) is 12.4 Å². The lowest BCUT2D eigenvalue weighted by molar-refractivity contribution is -0.146. The van der Waals surface area contributed by atoms with Gasteiger partial charge in [-0.3, -0.25) is 9.59 Å². The van der Waals surface area contributed by atoms with Crippen LogP contribution in [-0.2, 0) is 16.1 Å². The largest absolute Gasteiger partial charge is 0.464 e. The first kappa shape index (κ1) is 16.5. The van der Waals surface area contributed by atoms with Crippen molar-refractivity contribution in [3.63, 3.8) is 0 Å². The molecule has 1 aliphatic rings. The molecule has 2 aromatic rings. The minimum Gasteiger partial charge on any atom is -0.464 e. The minimum atomic E-state index is -1.69. The fraction of sp³-hybridized carbons (Fsp3) is 0.188. The summed E-state index contributed by atoms with van der Waals surface area (Å²) in [5, 5.41) is 6.06. The van der Waals surface area contributed by atoms with Crippen molar-refractivity contribution in [2.24, 2.45) is 0 Å². The summed E-state index contributed by atoms with van der Waals surface area (Å²) < 4.78 is 5.59. The highest BCUT2D eigenvalue weighted by atomic mass is 35.5. The molecule has 0 saturated heterocycles. The number of hydrogen-bond donors (Lipinski definition) is 2. The van der Waals surface area contributed by atoms with E-state index in [0.29, 0.717) is 15.8 Å². The number of aromatic nitrogens is 1. The summed E-state index contributed by atoms with van der Waals surface area (Å²) in [6.07, 6.45) is 1.52. The summed E-state index contributed by atoms with van der Waals surface area (Å²) in [6.45, 7) is 1.59. The molecule has 2 heterocycles. The predicted molar refractivity (Wildman–Crippen MR) is 90.2 cm³/mol. The maximum atomic E-state index is 12.5. The van der Waals surface area contributed by atoms with Crippen LogP contribution in [0.4, 0.5) is 5.82 Å². The van der Waals surface area contributed by atoms with Crippen molar-refractivity contribution >= 4 is 40.8 Å².